The van der Waals surface area contributed by atoms with E-state index in [1.54, 1.807) is 11.3 Å². The van der Waals surface area contributed by atoms with Gasteiger partial charge in [0.05, 0.1) is 0 Å². The summed E-state index contributed by atoms with van der Waals surface area (Å²) in [6.45, 7) is 0.646. The average Bonchev–Trinajstić information content (AvgIpc) is 2.34. The molecule has 0 aliphatic rings. The van der Waals surface area contributed by atoms with Crippen LogP contribution in [0.15, 0.2) is 16.8 Å². The molecule has 0 saturated heterocycles. The number of hydrogen-bond donors (Lipinski definition) is 1. The second kappa shape index (κ2) is 3.25. The van der Waals surface area contributed by atoms with E-state index in [2.05, 4.69) is 5.32 Å². The molecule has 0 bridgehead atoms. The van der Waals surface area contributed by atoms with Crippen LogP contribution in [0.1, 0.15) is 5.56 Å². The van der Waals surface area contributed by atoms with Gasteiger partial charge in [0.1, 0.15) is 0 Å². The van der Waals surface area contributed by atoms with Gasteiger partial charge < -0.3 is 5.32 Å². The van der Waals surface area contributed by atoms with Crippen molar-refractivity contribution in [2.24, 2.45) is 0 Å². The molecule has 0 atom stereocenters. The maximum absolute atomic E-state index is 9.79. The highest BCUT2D eigenvalue weighted by Gasteiger charge is 1.87. The predicted molar refractivity (Wildman–Crippen MR) is 37.2 cm³/mol. The molecule has 0 radical (unpaired) electrons. The minimum Gasteiger partial charge on any atom is -0.355 e. The third-order valence-electron chi connectivity index (χ3n) is 0.970. The summed E-state index contributed by atoms with van der Waals surface area (Å²) < 4.78 is 0. The Balaban J connectivity index is 2.38. The van der Waals surface area contributed by atoms with Crippen LogP contribution in [0, 0.1) is 0 Å². The summed E-state index contributed by atoms with van der Waals surface area (Å²) in [7, 11) is 0. The van der Waals surface area contributed by atoms with Crippen LogP contribution in [-0.4, -0.2) is 6.41 Å². The normalized spacial score (nSPS) is 8.89. The number of hydrogen-bond acceptors (Lipinski definition) is 2. The van der Waals surface area contributed by atoms with Crippen molar-refractivity contribution in [2.75, 3.05) is 0 Å². The van der Waals surface area contributed by atoms with Gasteiger partial charge in [-0.3, -0.25) is 4.79 Å². The first-order chi connectivity index (χ1) is 4.43. The molecule has 1 rings (SSSR count). The molecule has 0 unspecified atom stereocenters. The van der Waals surface area contributed by atoms with Crippen molar-refractivity contribution in [2.45, 2.75) is 6.54 Å². The largest absolute Gasteiger partial charge is 0.355 e. The van der Waals surface area contributed by atoms with E-state index in [1.807, 2.05) is 16.8 Å². The van der Waals surface area contributed by atoms with Gasteiger partial charge in [0.2, 0.25) is 6.41 Å². The maximum atomic E-state index is 9.79. The fraction of sp³-hybridized carbons (Fsp3) is 0.167. The van der Waals surface area contributed by atoms with Crippen LogP contribution < -0.4 is 5.32 Å². The predicted octanol–water partition coefficient (Wildman–Crippen LogP) is 0.994. The molecule has 0 aliphatic carbocycles. The molecule has 1 aromatic heterocycles. The second-order valence-corrected chi connectivity index (χ2v) is 2.41. The van der Waals surface area contributed by atoms with Crippen molar-refractivity contribution < 1.29 is 4.79 Å². The van der Waals surface area contributed by atoms with Gasteiger partial charge in [0.25, 0.3) is 0 Å². The smallest absolute Gasteiger partial charge is 0.207 e. The fourth-order valence-corrected chi connectivity index (χ4v) is 1.22. The van der Waals surface area contributed by atoms with Crippen LogP contribution in [0.5, 0.6) is 0 Å². The van der Waals surface area contributed by atoms with E-state index in [-0.39, 0.29) is 0 Å². The summed E-state index contributed by atoms with van der Waals surface area (Å²) in [6.07, 6.45) is 0.706. The highest BCUT2D eigenvalue weighted by atomic mass is 32.1. The van der Waals surface area contributed by atoms with Crippen molar-refractivity contribution in [1.29, 1.82) is 0 Å². The van der Waals surface area contributed by atoms with Gasteiger partial charge >= 0.3 is 0 Å². The molecule has 1 heterocycles. The van der Waals surface area contributed by atoms with E-state index in [4.69, 9.17) is 0 Å². The molecule has 0 fully saturated rings. The number of carbonyl (C=O) groups is 1. The number of carbonyl (C=O) groups excluding carboxylic acids is 1. The summed E-state index contributed by atoms with van der Waals surface area (Å²) in [5.41, 5.74) is 1.16. The zero-order valence-corrected chi connectivity index (χ0v) is 5.65. The number of rotatable bonds is 3. The van der Waals surface area contributed by atoms with Gasteiger partial charge in [-0.05, 0) is 22.4 Å². The van der Waals surface area contributed by atoms with Crippen LogP contribution in [0.4, 0.5) is 0 Å². The lowest BCUT2D eigenvalue weighted by Gasteiger charge is -1.90. The van der Waals surface area contributed by atoms with E-state index in [9.17, 15) is 4.79 Å². The molecule has 3 heteroatoms. The molecule has 9 heavy (non-hydrogen) atoms. The third-order valence-corrected chi connectivity index (χ3v) is 1.70. The van der Waals surface area contributed by atoms with Crippen molar-refractivity contribution in [3.63, 3.8) is 0 Å². The summed E-state index contributed by atoms with van der Waals surface area (Å²) in [5.74, 6) is 0. The Morgan fingerprint density at radius 1 is 1.78 bits per heavy atom. The standard InChI is InChI=1S/C6H7NOS/c8-5-7-3-6-1-2-9-4-6/h1-2,4-5H,3H2,(H,7,8). The van der Waals surface area contributed by atoms with E-state index < -0.39 is 0 Å². The first kappa shape index (κ1) is 6.29. The molecule has 1 amide bonds. The van der Waals surface area contributed by atoms with E-state index >= 15 is 0 Å². The SMILES string of the molecule is O=CNCc1ccsc1. The van der Waals surface area contributed by atoms with Crippen LogP contribution in [0.2, 0.25) is 0 Å². The lowest BCUT2D eigenvalue weighted by Crippen LogP contribution is -2.08. The van der Waals surface area contributed by atoms with Crippen molar-refractivity contribution in [3.8, 4) is 0 Å². The number of amides is 1. The molecule has 48 valence electrons. The Kier molecular flexibility index (Phi) is 2.27. The van der Waals surface area contributed by atoms with E-state index in [0.29, 0.717) is 13.0 Å². The third kappa shape index (κ3) is 1.85. The summed E-state index contributed by atoms with van der Waals surface area (Å²) >= 11 is 1.63. The molecular formula is C6H7NOS. The topological polar surface area (TPSA) is 29.1 Å². The second-order valence-electron chi connectivity index (χ2n) is 1.63. The molecule has 0 saturated carbocycles. The van der Waals surface area contributed by atoms with E-state index in [0.717, 1.165) is 5.56 Å². The van der Waals surface area contributed by atoms with Gasteiger partial charge in [0.15, 0.2) is 0 Å². The summed E-state index contributed by atoms with van der Waals surface area (Å²) in [5, 5.41) is 6.58. The molecule has 0 aliphatic heterocycles. The Hall–Kier alpha value is -0.830. The monoisotopic (exact) mass is 141 g/mol. The Morgan fingerprint density at radius 3 is 3.22 bits per heavy atom. The summed E-state index contributed by atoms with van der Waals surface area (Å²) in [6, 6.07) is 1.99. The lowest BCUT2D eigenvalue weighted by molar-refractivity contribution is -0.109. The highest BCUT2D eigenvalue weighted by molar-refractivity contribution is 7.07. The van der Waals surface area contributed by atoms with Gasteiger partial charge in [-0.1, -0.05) is 0 Å². The zero-order valence-electron chi connectivity index (χ0n) is 4.83. The molecule has 0 aromatic carbocycles. The fourth-order valence-electron chi connectivity index (χ4n) is 0.553. The van der Waals surface area contributed by atoms with Crippen molar-refractivity contribution in [3.05, 3.63) is 22.4 Å². The van der Waals surface area contributed by atoms with Gasteiger partial charge in [-0.25, -0.2) is 0 Å². The zero-order chi connectivity index (χ0) is 6.53. The molecular weight excluding hydrogens is 134 g/mol. The van der Waals surface area contributed by atoms with Gasteiger partial charge in [0, 0.05) is 6.54 Å². The maximum Gasteiger partial charge on any atom is 0.207 e. The minimum atomic E-state index is 0.646. The van der Waals surface area contributed by atoms with Crippen LogP contribution >= 0.6 is 11.3 Å². The molecule has 1 N–H and O–H groups in total. The van der Waals surface area contributed by atoms with Crippen molar-refractivity contribution >= 4 is 17.7 Å². The molecule has 2 nitrogen and oxygen atoms in total. The van der Waals surface area contributed by atoms with Gasteiger partial charge in [-0.2, -0.15) is 11.3 Å². The Morgan fingerprint density at radius 2 is 2.67 bits per heavy atom. The Bertz CT molecular complexity index is 171. The van der Waals surface area contributed by atoms with Crippen LogP contribution in [0.3, 0.4) is 0 Å². The molecule has 1 aromatic rings. The lowest BCUT2D eigenvalue weighted by atomic mass is 10.3. The number of thiophene rings is 1. The average molecular weight is 141 g/mol. The number of nitrogens with one attached hydrogen (secondary N) is 1. The minimum absolute atomic E-state index is 0.646. The van der Waals surface area contributed by atoms with Crippen molar-refractivity contribution in [1.82, 2.24) is 5.32 Å². The first-order valence-corrected chi connectivity index (χ1v) is 3.56. The molecule has 0 spiro atoms. The summed E-state index contributed by atoms with van der Waals surface area (Å²) in [4.78, 5) is 9.79. The van der Waals surface area contributed by atoms with Crippen LogP contribution in [0.25, 0.3) is 0 Å². The highest BCUT2D eigenvalue weighted by Crippen LogP contribution is 2.03. The first-order valence-electron chi connectivity index (χ1n) is 2.61. The van der Waals surface area contributed by atoms with E-state index in [1.165, 1.54) is 0 Å². The van der Waals surface area contributed by atoms with Crippen LogP contribution in [-0.2, 0) is 11.3 Å². The Labute approximate surface area is 57.5 Å². The quantitative estimate of drug-likeness (QED) is 0.625. The van der Waals surface area contributed by atoms with Gasteiger partial charge in [-0.15, -0.1) is 0 Å².